The molecule has 162 valence electrons. The van der Waals surface area contributed by atoms with Gasteiger partial charge in [0.25, 0.3) is 0 Å². The number of likely N-dealkylation sites (tertiary alicyclic amines) is 1. The lowest BCUT2D eigenvalue weighted by molar-refractivity contribution is 0.0200. The van der Waals surface area contributed by atoms with Crippen molar-refractivity contribution in [3.8, 4) is 0 Å². The van der Waals surface area contributed by atoms with E-state index >= 15 is 0 Å². The van der Waals surface area contributed by atoms with E-state index in [1.54, 1.807) is 7.05 Å². The van der Waals surface area contributed by atoms with E-state index in [1.807, 2.05) is 0 Å². The average Bonchev–Trinajstić information content (AvgIpc) is 3.36. The number of ether oxygens (including phenoxy) is 1. The Hall–Kier alpha value is -0.430. The Morgan fingerprint density at radius 2 is 2.04 bits per heavy atom. The topological polar surface area (TPSA) is 86.3 Å². The second kappa shape index (κ2) is 11.7. The van der Waals surface area contributed by atoms with Crippen LogP contribution in [0.2, 0.25) is 0 Å². The maximum absolute atomic E-state index is 12.2. The molecular formula is C18H34IN5O3S. The molecule has 0 aromatic rings. The summed E-state index contributed by atoms with van der Waals surface area (Å²) in [5, 5.41) is 3.21. The van der Waals surface area contributed by atoms with Gasteiger partial charge in [-0.05, 0) is 25.7 Å². The normalized spacial score (nSPS) is 26.5. The Kier molecular flexibility index (Phi) is 9.94. The van der Waals surface area contributed by atoms with Gasteiger partial charge in [-0.15, -0.1) is 24.0 Å². The third-order valence-electron chi connectivity index (χ3n) is 5.50. The van der Waals surface area contributed by atoms with Crippen LogP contribution in [0.4, 0.5) is 0 Å². The van der Waals surface area contributed by atoms with Crippen LogP contribution in [0.3, 0.4) is 0 Å². The first-order valence-electron chi connectivity index (χ1n) is 10.0. The van der Waals surface area contributed by atoms with Crippen molar-refractivity contribution in [3.63, 3.8) is 0 Å². The van der Waals surface area contributed by atoms with E-state index in [9.17, 15) is 8.42 Å². The van der Waals surface area contributed by atoms with Gasteiger partial charge in [0, 0.05) is 59.0 Å². The largest absolute Gasteiger partial charge is 0.377 e. The van der Waals surface area contributed by atoms with Crippen LogP contribution in [-0.4, -0.2) is 95.0 Å². The number of aliphatic imine (C=N–C) groups is 1. The molecule has 3 heterocycles. The minimum Gasteiger partial charge on any atom is -0.377 e. The van der Waals surface area contributed by atoms with Gasteiger partial charge in [-0.25, -0.2) is 13.1 Å². The van der Waals surface area contributed by atoms with Crippen LogP contribution in [0.5, 0.6) is 0 Å². The van der Waals surface area contributed by atoms with Crippen molar-refractivity contribution in [2.45, 2.75) is 37.8 Å². The lowest BCUT2D eigenvalue weighted by atomic mass is 10.1. The summed E-state index contributed by atoms with van der Waals surface area (Å²) in [7, 11) is -1.56. The number of sulfonamides is 1. The van der Waals surface area contributed by atoms with E-state index in [1.165, 1.54) is 0 Å². The number of hydrogen-bond acceptors (Lipinski definition) is 5. The fourth-order valence-corrected chi connectivity index (χ4v) is 4.87. The first kappa shape index (κ1) is 23.8. The van der Waals surface area contributed by atoms with Crippen LogP contribution >= 0.6 is 24.0 Å². The standard InChI is InChI=1S/C18H33N5O3S.HI/c1-19-18(23-11-7-16(15-23)22-9-3-4-10-22)20-8-13-27(24,25)21-14-17-6-2-5-12-26-17;/h3-4,16-17,21H,2,5-15H2,1H3,(H,19,20);1H. The third kappa shape index (κ3) is 7.12. The van der Waals surface area contributed by atoms with Gasteiger partial charge in [-0.3, -0.25) is 9.89 Å². The Morgan fingerprint density at radius 3 is 2.71 bits per heavy atom. The van der Waals surface area contributed by atoms with E-state index in [2.05, 4.69) is 37.0 Å². The number of rotatable bonds is 7. The number of nitrogens with one attached hydrogen (secondary N) is 2. The summed E-state index contributed by atoms with van der Waals surface area (Å²) in [6.07, 6.45) is 8.65. The van der Waals surface area contributed by atoms with E-state index in [4.69, 9.17) is 4.74 Å². The number of guanidine groups is 1. The van der Waals surface area contributed by atoms with Crippen LogP contribution in [0, 0.1) is 0 Å². The van der Waals surface area contributed by atoms with Gasteiger partial charge in [0.1, 0.15) is 0 Å². The van der Waals surface area contributed by atoms with Gasteiger partial charge in [-0.1, -0.05) is 12.2 Å². The zero-order valence-electron chi connectivity index (χ0n) is 16.7. The van der Waals surface area contributed by atoms with Crippen LogP contribution in [0.15, 0.2) is 17.1 Å². The molecule has 2 saturated heterocycles. The molecule has 28 heavy (non-hydrogen) atoms. The second-order valence-corrected chi connectivity index (χ2v) is 9.37. The Morgan fingerprint density at radius 1 is 1.25 bits per heavy atom. The van der Waals surface area contributed by atoms with Crippen molar-refractivity contribution in [3.05, 3.63) is 12.2 Å². The molecule has 0 saturated carbocycles. The van der Waals surface area contributed by atoms with E-state index in [-0.39, 0.29) is 35.8 Å². The lowest BCUT2D eigenvalue weighted by Crippen LogP contribution is -2.45. The molecule has 2 N–H and O–H groups in total. The Labute approximate surface area is 186 Å². The van der Waals surface area contributed by atoms with Crippen LogP contribution in [-0.2, 0) is 14.8 Å². The molecule has 0 spiro atoms. The van der Waals surface area contributed by atoms with E-state index in [0.29, 0.717) is 19.1 Å². The molecule has 0 aliphatic carbocycles. The molecule has 0 bridgehead atoms. The molecular weight excluding hydrogens is 493 g/mol. The monoisotopic (exact) mass is 527 g/mol. The highest BCUT2D eigenvalue weighted by Crippen LogP contribution is 2.17. The highest BCUT2D eigenvalue weighted by molar-refractivity contribution is 14.0. The maximum Gasteiger partial charge on any atom is 0.213 e. The molecule has 8 nitrogen and oxygen atoms in total. The zero-order valence-corrected chi connectivity index (χ0v) is 19.8. The second-order valence-electron chi connectivity index (χ2n) is 7.44. The fourth-order valence-electron chi connectivity index (χ4n) is 3.91. The molecule has 3 aliphatic rings. The molecule has 2 unspecified atom stereocenters. The SMILES string of the molecule is CN=C(NCCS(=O)(=O)NCC1CCCCO1)N1CCC(N2CC=CC2)C1.I. The van der Waals surface area contributed by atoms with Gasteiger partial charge >= 0.3 is 0 Å². The van der Waals surface area contributed by atoms with Crippen molar-refractivity contribution in [2.75, 3.05) is 58.7 Å². The first-order chi connectivity index (χ1) is 13.1. The summed E-state index contributed by atoms with van der Waals surface area (Å²) in [6, 6.07) is 0.541. The fraction of sp³-hybridized carbons (Fsp3) is 0.833. The van der Waals surface area contributed by atoms with Crippen molar-refractivity contribution in [2.24, 2.45) is 4.99 Å². The summed E-state index contributed by atoms with van der Waals surface area (Å²) < 4.78 is 32.7. The van der Waals surface area contributed by atoms with Crippen molar-refractivity contribution >= 4 is 40.0 Å². The van der Waals surface area contributed by atoms with Gasteiger partial charge in [0.15, 0.2) is 5.96 Å². The zero-order chi connectivity index (χ0) is 19.1. The third-order valence-corrected chi connectivity index (χ3v) is 6.84. The summed E-state index contributed by atoms with van der Waals surface area (Å²) in [4.78, 5) is 9.02. The molecule has 0 aromatic heterocycles. The van der Waals surface area contributed by atoms with Gasteiger partial charge in [0.05, 0.1) is 11.9 Å². The molecule has 2 fully saturated rings. The summed E-state index contributed by atoms with van der Waals surface area (Å²) in [5.41, 5.74) is 0. The quantitative estimate of drug-likeness (QED) is 0.219. The minimum absolute atomic E-state index is 0. The molecule has 3 rings (SSSR count). The van der Waals surface area contributed by atoms with Crippen LogP contribution in [0.25, 0.3) is 0 Å². The van der Waals surface area contributed by atoms with Crippen molar-refractivity contribution in [1.29, 1.82) is 0 Å². The molecule has 3 aliphatic heterocycles. The van der Waals surface area contributed by atoms with Crippen molar-refractivity contribution in [1.82, 2.24) is 19.8 Å². The van der Waals surface area contributed by atoms with Crippen LogP contribution in [0.1, 0.15) is 25.7 Å². The smallest absolute Gasteiger partial charge is 0.213 e. The van der Waals surface area contributed by atoms with Crippen LogP contribution < -0.4 is 10.0 Å². The number of halogens is 1. The Bertz CT molecular complexity index is 629. The lowest BCUT2D eigenvalue weighted by Gasteiger charge is -2.25. The highest BCUT2D eigenvalue weighted by Gasteiger charge is 2.29. The summed E-state index contributed by atoms with van der Waals surface area (Å²) in [6.45, 7) is 5.39. The first-order valence-corrected chi connectivity index (χ1v) is 11.7. The maximum atomic E-state index is 12.2. The predicted molar refractivity (Wildman–Crippen MR) is 123 cm³/mol. The number of nitrogens with zero attached hydrogens (tertiary/aromatic N) is 3. The van der Waals surface area contributed by atoms with Gasteiger partial charge < -0.3 is 15.0 Å². The highest BCUT2D eigenvalue weighted by atomic mass is 127. The molecule has 2 atom stereocenters. The van der Waals surface area contributed by atoms with E-state index in [0.717, 1.165) is 64.4 Å². The summed E-state index contributed by atoms with van der Waals surface area (Å²) in [5.74, 6) is 0.821. The van der Waals surface area contributed by atoms with Gasteiger partial charge in [-0.2, -0.15) is 0 Å². The van der Waals surface area contributed by atoms with Gasteiger partial charge in [0.2, 0.25) is 10.0 Å². The van der Waals surface area contributed by atoms with Crippen molar-refractivity contribution < 1.29 is 13.2 Å². The minimum atomic E-state index is -3.31. The average molecular weight is 527 g/mol. The summed E-state index contributed by atoms with van der Waals surface area (Å²) >= 11 is 0. The molecule has 0 amide bonds. The number of hydrogen-bond donors (Lipinski definition) is 2. The molecule has 0 aromatic carbocycles. The predicted octanol–water partition coefficient (Wildman–Crippen LogP) is 0.614. The molecule has 10 heteroatoms. The van der Waals surface area contributed by atoms with E-state index < -0.39 is 10.0 Å². The Balaban J connectivity index is 0.00000280. The molecule has 0 radical (unpaired) electrons.